The lowest BCUT2D eigenvalue weighted by Gasteiger charge is -2.36. The van der Waals surface area contributed by atoms with Crippen LogP contribution in [0.1, 0.15) is 42.6 Å². The number of ketones is 1. The number of carbonyl (C=O) groups excluding carboxylic acids is 1. The predicted octanol–water partition coefficient (Wildman–Crippen LogP) is 2.52. The Morgan fingerprint density at radius 2 is 1.95 bits per heavy atom. The number of benzene rings is 1. The van der Waals surface area contributed by atoms with E-state index in [0.717, 1.165) is 31.4 Å². The van der Waals surface area contributed by atoms with Crippen LogP contribution in [-0.2, 0) is 6.42 Å². The Morgan fingerprint density at radius 3 is 2.45 bits per heavy atom. The van der Waals surface area contributed by atoms with Gasteiger partial charge < -0.3 is 5.11 Å². The Labute approximate surface area is 121 Å². The molecule has 2 rings (SSSR count). The highest BCUT2D eigenvalue weighted by molar-refractivity contribution is 5.99. The topological polar surface area (TPSA) is 40.5 Å². The average Bonchev–Trinajstić information content (AvgIpc) is 2.44. The van der Waals surface area contributed by atoms with Gasteiger partial charge in [-0.25, -0.2) is 0 Å². The number of aliphatic hydroxyl groups is 1. The number of likely N-dealkylation sites (N-methyl/N-ethyl adjacent to an activating group) is 1. The molecule has 3 heteroatoms. The third-order valence-corrected chi connectivity index (χ3v) is 4.44. The minimum absolute atomic E-state index is 0.111. The number of hydrogen-bond donors (Lipinski definition) is 1. The Bertz CT molecular complexity index is 449. The quantitative estimate of drug-likeness (QED) is 0.811. The van der Waals surface area contributed by atoms with Gasteiger partial charge in [0.15, 0.2) is 5.78 Å². The zero-order valence-corrected chi connectivity index (χ0v) is 12.7. The second-order valence-electron chi connectivity index (χ2n) is 6.02. The largest absolute Gasteiger partial charge is 0.393 e. The smallest absolute Gasteiger partial charge is 0.179 e. The number of aliphatic hydroxyl groups excluding tert-OH is 1. The van der Waals surface area contributed by atoms with Crippen LogP contribution < -0.4 is 0 Å². The molecule has 20 heavy (non-hydrogen) atoms. The molecule has 3 nitrogen and oxygen atoms in total. The monoisotopic (exact) mass is 275 g/mol. The van der Waals surface area contributed by atoms with Crippen molar-refractivity contribution in [3.05, 3.63) is 35.4 Å². The maximum atomic E-state index is 12.4. The molecular weight excluding hydrogens is 250 g/mol. The van der Waals surface area contributed by atoms with Crippen molar-refractivity contribution in [2.45, 2.75) is 45.3 Å². The lowest BCUT2D eigenvalue weighted by atomic mass is 9.82. The summed E-state index contributed by atoms with van der Waals surface area (Å²) < 4.78 is 0. The molecule has 0 aromatic heterocycles. The molecule has 1 aromatic rings. The van der Waals surface area contributed by atoms with Gasteiger partial charge in [0.05, 0.1) is 12.1 Å². The van der Waals surface area contributed by atoms with Gasteiger partial charge in [0.1, 0.15) is 0 Å². The van der Waals surface area contributed by atoms with Crippen LogP contribution in [0.3, 0.4) is 0 Å². The van der Waals surface area contributed by atoms with E-state index in [9.17, 15) is 9.90 Å². The minimum atomic E-state index is -0.124. The molecule has 0 heterocycles. The molecular formula is C17H25NO2. The summed E-state index contributed by atoms with van der Waals surface area (Å²) in [6.07, 6.45) is 2.61. The molecule has 1 fully saturated rings. The van der Waals surface area contributed by atoms with Crippen LogP contribution in [0.4, 0.5) is 0 Å². The second kappa shape index (κ2) is 6.51. The molecule has 0 bridgehead atoms. The number of hydrogen-bond acceptors (Lipinski definition) is 3. The van der Waals surface area contributed by atoms with E-state index >= 15 is 0 Å². The number of Topliss-reactive ketones (excluding diaryl/α,β-unsaturated/α-hetero) is 1. The summed E-state index contributed by atoms with van der Waals surface area (Å²) in [6, 6.07) is 7.81. The Morgan fingerprint density at radius 1 is 1.35 bits per heavy atom. The first-order chi connectivity index (χ1) is 9.51. The Balaban J connectivity index is 1.92. The molecule has 0 radical (unpaired) electrons. The summed E-state index contributed by atoms with van der Waals surface area (Å²) in [5, 5.41) is 9.32. The highest BCUT2D eigenvalue weighted by atomic mass is 16.3. The molecule has 0 saturated heterocycles. The van der Waals surface area contributed by atoms with Crippen molar-refractivity contribution in [1.82, 2.24) is 4.90 Å². The van der Waals surface area contributed by atoms with E-state index in [1.807, 2.05) is 38.2 Å². The highest BCUT2D eigenvalue weighted by Gasteiger charge is 2.30. The Kier molecular flexibility index (Phi) is 4.95. The van der Waals surface area contributed by atoms with E-state index < -0.39 is 0 Å². The number of carbonyl (C=O) groups is 1. The van der Waals surface area contributed by atoms with Gasteiger partial charge in [0.25, 0.3) is 0 Å². The van der Waals surface area contributed by atoms with Crippen LogP contribution in [0, 0.1) is 5.92 Å². The SMILES string of the molecule is CCc1ccc(C(=O)C(C)N(C)CC2CC(O)C2)cc1. The maximum Gasteiger partial charge on any atom is 0.179 e. The van der Waals surface area contributed by atoms with E-state index in [-0.39, 0.29) is 17.9 Å². The van der Waals surface area contributed by atoms with Crippen molar-refractivity contribution in [2.75, 3.05) is 13.6 Å². The molecule has 0 amide bonds. The van der Waals surface area contributed by atoms with Gasteiger partial charge in [-0.2, -0.15) is 0 Å². The first kappa shape index (κ1) is 15.2. The van der Waals surface area contributed by atoms with Crippen molar-refractivity contribution in [1.29, 1.82) is 0 Å². The number of aryl methyl sites for hydroxylation is 1. The zero-order valence-electron chi connectivity index (χ0n) is 12.7. The van der Waals surface area contributed by atoms with E-state index in [4.69, 9.17) is 0 Å². The van der Waals surface area contributed by atoms with E-state index in [2.05, 4.69) is 11.8 Å². The predicted molar refractivity (Wildman–Crippen MR) is 81.0 cm³/mol. The number of rotatable bonds is 6. The van der Waals surface area contributed by atoms with Crippen LogP contribution in [0.2, 0.25) is 0 Å². The average molecular weight is 275 g/mol. The third kappa shape index (κ3) is 3.47. The molecule has 0 aliphatic heterocycles. The van der Waals surface area contributed by atoms with Gasteiger partial charge in [-0.1, -0.05) is 31.2 Å². The molecule has 1 aliphatic rings. The van der Waals surface area contributed by atoms with Crippen LogP contribution >= 0.6 is 0 Å². The fourth-order valence-corrected chi connectivity index (χ4v) is 2.76. The zero-order chi connectivity index (χ0) is 14.7. The molecule has 1 saturated carbocycles. The fraction of sp³-hybridized carbons (Fsp3) is 0.588. The lowest BCUT2D eigenvalue weighted by molar-refractivity contribution is 0.0234. The van der Waals surface area contributed by atoms with Gasteiger partial charge in [-0.05, 0) is 44.7 Å². The molecule has 0 spiro atoms. The standard InChI is InChI=1S/C17H25NO2/c1-4-13-5-7-15(8-6-13)17(20)12(2)18(3)11-14-9-16(19)10-14/h5-8,12,14,16,19H,4,9-11H2,1-3H3. The summed E-state index contributed by atoms with van der Waals surface area (Å²) in [7, 11) is 1.99. The summed E-state index contributed by atoms with van der Waals surface area (Å²) in [5.74, 6) is 0.711. The van der Waals surface area contributed by atoms with Crippen molar-refractivity contribution < 1.29 is 9.90 Å². The van der Waals surface area contributed by atoms with Gasteiger partial charge in [0, 0.05) is 12.1 Å². The number of nitrogens with zero attached hydrogens (tertiary/aromatic N) is 1. The summed E-state index contributed by atoms with van der Waals surface area (Å²) >= 11 is 0. The van der Waals surface area contributed by atoms with E-state index in [1.165, 1.54) is 5.56 Å². The summed E-state index contributed by atoms with van der Waals surface area (Å²) in [6.45, 7) is 4.96. The van der Waals surface area contributed by atoms with Gasteiger partial charge >= 0.3 is 0 Å². The maximum absolute atomic E-state index is 12.4. The molecule has 1 aromatic carbocycles. The first-order valence-corrected chi connectivity index (χ1v) is 7.52. The lowest BCUT2D eigenvalue weighted by Crippen LogP contribution is -2.43. The van der Waals surface area contributed by atoms with Crippen molar-refractivity contribution in [3.63, 3.8) is 0 Å². The van der Waals surface area contributed by atoms with E-state index in [0.29, 0.717) is 5.92 Å². The van der Waals surface area contributed by atoms with Gasteiger partial charge in [-0.3, -0.25) is 9.69 Å². The summed E-state index contributed by atoms with van der Waals surface area (Å²) in [5.41, 5.74) is 2.04. The second-order valence-corrected chi connectivity index (χ2v) is 6.02. The van der Waals surface area contributed by atoms with Crippen LogP contribution in [0.5, 0.6) is 0 Å². The minimum Gasteiger partial charge on any atom is -0.393 e. The van der Waals surface area contributed by atoms with Crippen LogP contribution in [-0.4, -0.2) is 41.5 Å². The molecule has 1 aliphatic carbocycles. The fourth-order valence-electron chi connectivity index (χ4n) is 2.76. The van der Waals surface area contributed by atoms with Crippen molar-refractivity contribution >= 4 is 5.78 Å². The van der Waals surface area contributed by atoms with Crippen LogP contribution in [0.15, 0.2) is 24.3 Å². The van der Waals surface area contributed by atoms with Gasteiger partial charge in [-0.15, -0.1) is 0 Å². The molecule has 110 valence electrons. The van der Waals surface area contributed by atoms with Crippen molar-refractivity contribution in [3.8, 4) is 0 Å². The van der Waals surface area contributed by atoms with Crippen molar-refractivity contribution in [2.24, 2.45) is 5.92 Å². The van der Waals surface area contributed by atoms with Crippen LogP contribution in [0.25, 0.3) is 0 Å². The van der Waals surface area contributed by atoms with E-state index in [1.54, 1.807) is 0 Å². The molecule has 1 N–H and O–H groups in total. The highest BCUT2D eigenvalue weighted by Crippen LogP contribution is 2.28. The first-order valence-electron chi connectivity index (χ1n) is 7.52. The third-order valence-electron chi connectivity index (χ3n) is 4.44. The summed E-state index contributed by atoms with van der Waals surface area (Å²) in [4.78, 5) is 14.6. The normalized spacial score (nSPS) is 23.4. The molecule has 1 unspecified atom stereocenters. The van der Waals surface area contributed by atoms with Gasteiger partial charge in [0.2, 0.25) is 0 Å². The molecule has 1 atom stereocenters. The Hall–Kier alpha value is -1.19.